The van der Waals surface area contributed by atoms with E-state index in [0.717, 1.165) is 40.6 Å². The summed E-state index contributed by atoms with van der Waals surface area (Å²) >= 11 is 22.8. The van der Waals surface area contributed by atoms with Crippen molar-refractivity contribution in [3.8, 4) is 0 Å². The van der Waals surface area contributed by atoms with E-state index in [0.29, 0.717) is 22.5 Å². The minimum Gasteiger partial charge on any atom is -0.364 e. The summed E-state index contributed by atoms with van der Waals surface area (Å²) in [5.41, 5.74) is 8.16. The van der Waals surface area contributed by atoms with Gasteiger partial charge in [0.05, 0.1) is 6.04 Å². The molecule has 0 amide bonds. The molecule has 176 valence electrons. The molecule has 2 nitrogen and oxygen atoms in total. The van der Waals surface area contributed by atoms with Crippen molar-refractivity contribution in [2.24, 2.45) is 11.7 Å². The van der Waals surface area contributed by atoms with Crippen molar-refractivity contribution in [1.82, 2.24) is 0 Å². The zero-order chi connectivity index (χ0) is 24.1. The fraction of sp³-hybridized carbons (Fsp3) is 0.214. The number of fused-ring (bicyclic) bond motifs is 1. The van der Waals surface area contributed by atoms with Crippen LogP contribution < -0.4 is 10.6 Å². The van der Waals surface area contributed by atoms with Crippen molar-refractivity contribution in [2.45, 2.75) is 23.8 Å². The SMILES string of the molecule is NCC1CCC(c2ccc(Cl)cc2Cl)N(c2ccc(Cl)cc2)C1.Sc1ccc2ccccc2c1. The molecule has 0 saturated carbocycles. The van der Waals surface area contributed by atoms with E-state index in [4.69, 9.17) is 40.5 Å². The highest BCUT2D eigenvalue weighted by Crippen LogP contribution is 2.40. The van der Waals surface area contributed by atoms with Gasteiger partial charge in [-0.3, -0.25) is 0 Å². The molecule has 1 aliphatic rings. The van der Waals surface area contributed by atoms with Crippen LogP contribution in [0.4, 0.5) is 5.69 Å². The number of benzene rings is 4. The van der Waals surface area contributed by atoms with Gasteiger partial charge in [0.15, 0.2) is 0 Å². The first-order valence-corrected chi connectivity index (χ1v) is 12.9. The molecule has 4 aromatic carbocycles. The minimum absolute atomic E-state index is 0.226. The number of hydrogen-bond donors (Lipinski definition) is 2. The summed E-state index contributed by atoms with van der Waals surface area (Å²) in [7, 11) is 0. The molecule has 6 heteroatoms. The second kappa shape index (κ2) is 11.7. The lowest BCUT2D eigenvalue weighted by Gasteiger charge is -2.41. The van der Waals surface area contributed by atoms with Gasteiger partial charge in [0, 0.05) is 32.2 Å². The summed E-state index contributed by atoms with van der Waals surface area (Å²) in [5, 5.41) is 4.63. The molecular formula is C28H27Cl3N2S. The van der Waals surface area contributed by atoms with Gasteiger partial charge < -0.3 is 10.6 Å². The Morgan fingerprint density at radius 3 is 2.21 bits per heavy atom. The molecule has 1 heterocycles. The largest absolute Gasteiger partial charge is 0.364 e. The molecule has 2 unspecified atom stereocenters. The van der Waals surface area contributed by atoms with E-state index in [1.807, 2.05) is 48.5 Å². The molecule has 2 atom stereocenters. The molecule has 1 saturated heterocycles. The Balaban J connectivity index is 0.000000207. The van der Waals surface area contributed by atoms with Crippen molar-refractivity contribution in [2.75, 3.05) is 18.0 Å². The fourth-order valence-electron chi connectivity index (χ4n) is 4.43. The fourth-order valence-corrected chi connectivity index (χ4v) is 5.30. The van der Waals surface area contributed by atoms with Gasteiger partial charge in [-0.15, -0.1) is 12.6 Å². The Morgan fingerprint density at radius 1 is 0.794 bits per heavy atom. The van der Waals surface area contributed by atoms with E-state index in [-0.39, 0.29) is 6.04 Å². The summed E-state index contributed by atoms with van der Waals surface area (Å²) in [4.78, 5) is 3.40. The highest BCUT2D eigenvalue weighted by molar-refractivity contribution is 7.80. The topological polar surface area (TPSA) is 29.3 Å². The van der Waals surface area contributed by atoms with Crippen molar-refractivity contribution in [3.63, 3.8) is 0 Å². The van der Waals surface area contributed by atoms with Crippen LogP contribution in [0.25, 0.3) is 10.8 Å². The van der Waals surface area contributed by atoms with Crippen LogP contribution in [0.2, 0.25) is 15.1 Å². The smallest absolute Gasteiger partial charge is 0.0557 e. The first-order chi connectivity index (χ1) is 16.4. The van der Waals surface area contributed by atoms with Gasteiger partial charge in [0.1, 0.15) is 0 Å². The summed E-state index contributed by atoms with van der Waals surface area (Å²) in [6, 6.07) is 28.3. The summed E-state index contributed by atoms with van der Waals surface area (Å²) in [6.07, 6.45) is 2.12. The lowest BCUT2D eigenvalue weighted by atomic mass is 9.88. The third-order valence-electron chi connectivity index (χ3n) is 6.23. The van der Waals surface area contributed by atoms with Crippen LogP contribution in [-0.4, -0.2) is 13.1 Å². The third-order valence-corrected chi connectivity index (χ3v) is 7.32. The van der Waals surface area contributed by atoms with Gasteiger partial charge in [-0.05, 0) is 90.2 Å². The Kier molecular flexibility index (Phi) is 8.68. The minimum atomic E-state index is 0.226. The molecule has 1 aliphatic heterocycles. The number of anilines is 1. The number of piperidine rings is 1. The molecule has 2 N–H and O–H groups in total. The molecule has 0 aromatic heterocycles. The molecule has 0 aliphatic carbocycles. The molecule has 1 fully saturated rings. The van der Waals surface area contributed by atoms with E-state index >= 15 is 0 Å². The number of thiol groups is 1. The van der Waals surface area contributed by atoms with Gasteiger partial charge in [-0.2, -0.15) is 0 Å². The van der Waals surface area contributed by atoms with E-state index in [1.165, 1.54) is 10.8 Å². The number of nitrogens with zero attached hydrogens (tertiary/aromatic N) is 1. The summed E-state index contributed by atoms with van der Waals surface area (Å²) < 4.78 is 0. The Morgan fingerprint density at radius 2 is 1.50 bits per heavy atom. The van der Waals surface area contributed by atoms with Crippen LogP contribution in [0.15, 0.2) is 89.8 Å². The van der Waals surface area contributed by atoms with E-state index < -0.39 is 0 Å². The number of halogens is 3. The van der Waals surface area contributed by atoms with Crippen LogP contribution in [-0.2, 0) is 0 Å². The van der Waals surface area contributed by atoms with E-state index in [2.05, 4.69) is 53.9 Å². The molecule has 0 radical (unpaired) electrons. The molecule has 0 spiro atoms. The van der Waals surface area contributed by atoms with Crippen LogP contribution in [0, 0.1) is 5.92 Å². The normalized spacial score (nSPS) is 17.9. The maximum Gasteiger partial charge on any atom is 0.0557 e. The van der Waals surface area contributed by atoms with Crippen molar-refractivity contribution < 1.29 is 0 Å². The standard InChI is InChI=1S/C18H19Cl3N2.C10H8S/c19-13-2-5-15(6-3-13)23-11-12(10-22)1-8-18(23)16-7-4-14(20)9-17(16)21;11-10-6-5-8-3-1-2-4-9(8)7-10/h2-7,9,12,18H,1,8,10-11,22H2;1-7,11H. The Hall–Kier alpha value is -1.88. The predicted molar refractivity (Wildman–Crippen MR) is 151 cm³/mol. The van der Waals surface area contributed by atoms with Crippen LogP contribution in [0.1, 0.15) is 24.4 Å². The average molecular weight is 530 g/mol. The Bertz CT molecular complexity index is 1250. The third kappa shape index (κ3) is 6.21. The second-order valence-electron chi connectivity index (χ2n) is 8.52. The molecule has 5 rings (SSSR count). The van der Waals surface area contributed by atoms with Crippen molar-refractivity contribution in [1.29, 1.82) is 0 Å². The number of rotatable bonds is 3. The van der Waals surface area contributed by atoms with Crippen LogP contribution in [0.5, 0.6) is 0 Å². The first-order valence-electron chi connectivity index (χ1n) is 11.3. The summed E-state index contributed by atoms with van der Waals surface area (Å²) in [6.45, 7) is 1.62. The average Bonchev–Trinajstić information content (AvgIpc) is 2.85. The molecule has 0 bridgehead atoms. The maximum absolute atomic E-state index is 6.45. The van der Waals surface area contributed by atoms with Gasteiger partial charge in [-0.25, -0.2) is 0 Å². The Labute approximate surface area is 222 Å². The zero-order valence-corrected chi connectivity index (χ0v) is 21.8. The van der Waals surface area contributed by atoms with Crippen LogP contribution in [0.3, 0.4) is 0 Å². The zero-order valence-electron chi connectivity index (χ0n) is 18.7. The number of hydrogen-bond acceptors (Lipinski definition) is 3. The molecular weight excluding hydrogens is 503 g/mol. The van der Waals surface area contributed by atoms with E-state index in [1.54, 1.807) is 0 Å². The lowest BCUT2D eigenvalue weighted by Crippen LogP contribution is -2.40. The maximum atomic E-state index is 6.45. The van der Waals surface area contributed by atoms with Gasteiger partial charge >= 0.3 is 0 Å². The van der Waals surface area contributed by atoms with Gasteiger partial charge in [-0.1, -0.05) is 71.2 Å². The van der Waals surface area contributed by atoms with Crippen LogP contribution >= 0.6 is 47.4 Å². The van der Waals surface area contributed by atoms with Crippen molar-refractivity contribution in [3.05, 3.63) is 106 Å². The monoisotopic (exact) mass is 528 g/mol. The highest BCUT2D eigenvalue weighted by atomic mass is 35.5. The lowest BCUT2D eigenvalue weighted by molar-refractivity contribution is 0.366. The predicted octanol–water partition coefficient (Wildman–Crippen LogP) is 8.69. The second-order valence-corrected chi connectivity index (χ2v) is 10.3. The summed E-state index contributed by atoms with van der Waals surface area (Å²) in [5.74, 6) is 0.494. The quantitative estimate of drug-likeness (QED) is 0.260. The highest BCUT2D eigenvalue weighted by Gasteiger charge is 2.30. The van der Waals surface area contributed by atoms with E-state index in [9.17, 15) is 0 Å². The van der Waals surface area contributed by atoms with Gasteiger partial charge in [0.2, 0.25) is 0 Å². The molecule has 34 heavy (non-hydrogen) atoms. The first kappa shape index (κ1) is 25.2. The number of nitrogens with two attached hydrogens (primary N) is 1. The molecule has 4 aromatic rings. The van der Waals surface area contributed by atoms with Gasteiger partial charge in [0.25, 0.3) is 0 Å². The van der Waals surface area contributed by atoms with Crippen molar-refractivity contribution >= 4 is 63.9 Å².